The summed E-state index contributed by atoms with van der Waals surface area (Å²) in [5, 5.41) is 0. The highest BCUT2D eigenvalue weighted by molar-refractivity contribution is 5.93. The molecule has 0 fully saturated rings. The number of allylic oxidation sites excluding steroid dienone is 1. The molecule has 1 heterocycles. The Bertz CT molecular complexity index is 408. The zero-order valence-corrected chi connectivity index (χ0v) is 10.4. The lowest BCUT2D eigenvalue weighted by molar-refractivity contribution is -0.113. The van der Waals surface area contributed by atoms with Crippen LogP contribution in [-0.2, 0) is 11.2 Å². The highest BCUT2D eigenvalue weighted by atomic mass is 16.1. The maximum Gasteiger partial charge on any atom is 0.157 e. The predicted molar refractivity (Wildman–Crippen MR) is 69.7 cm³/mol. The molecule has 0 atom stereocenters. The Kier molecular flexibility index (Phi) is 3.97. The summed E-state index contributed by atoms with van der Waals surface area (Å²) < 4.78 is 0. The van der Waals surface area contributed by atoms with Gasteiger partial charge in [0.25, 0.3) is 0 Å². The number of Topliss-reactive ketones (excluding diaryl/α,β-unsaturated/α-hetero) is 1. The lowest BCUT2D eigenvalue weighted by atomic mass is 10.0. The van der Waals surface area contributed by atoms with Crippen LogP contribution < -0.4 is 0 Å². The van der Waals surface area contributed by atoms with Gasteiger partial charge >= 0.3 is 0 Å². The van der Waals surface area contributed by atoms with Crippen LogP contribution in [0, 0.1) is 0 Å². The van der Waals surface area contributed by atoms with Crippen molar-refractivity contribution in [3.05, 3.63) is 47.7 Å². The van der Waals surface area contributed by atoms with E-state index in [4.69, 9.17) is 0 Å². The second-order valence-electron chi connectivity index (χ2n) is 4.59. The molecule has 0 amide bonds. The molecule has 2 heteroatoms. The molecule has 2 rings (SSSR count). The van der Waals surface area contributed by atoms with Crippen molar-refractivity contribution >= 4 is 5.78 Å². The van der Waals surface area contributed by atoms with Gasteiger partial charge in [-0.05, 0) is 31.7 Å². The number of benzene rings is 1. The number of hydrogen-bond acceptors (Lipinski definition) is 2. The summed E-state index contributed by atoms with van der Waals surface area (Å²) in [6.07, 6.45) is 5.13. The summed E-state index contributed by atoms with van der Waals surface area (Å²) in [5.41, 5.74) is 2.33. The number of ketones is 1. The summed E-state index contributed by atoms with van der Waals surface area (Å²) in [7, 11) is 0. The summed E-state index contributed by atoms with van der Waals surface area (Å²) in [5.74, 6) is 0.217. The van der Waals surface area contributed by atoms with E-state index in [9.17, 15) is 4.79 Å². The second-order valence-corrected chi connectivity index (χ2v) is 4.59. The molecule has 0 radical (unpaired) electrons. The number of hydrogen-bond donors (Lipinski definition) is 0. The third kappa shape index (κ3) is 3.45. The third-order valence-corrected chi connectivity index (χ3v) is 3.21. The van der Waals surface area contributed by atoms with Gasteiger partial charge < -0.3 is 4.90 Å². The number of nitrogens with zero attached hydrogens (tertiary/aromatic N) is 1. The van der Waals surface area contributed by atoms with E-state index >= 15 is 0 Å². The smallest absolute Gasteiger partial charge is 0.157 e. The van der Waals surface area contributed by atoms with Crippen molar-refractivity contribution in [2.45, 2.75) is 26.2 Å². The van der Waals surface area contributed by atoms with Gasteiger partial charge in [-0.3, -0.25) is 4.79 Å². The molecule has 1 aromatic carbocycles. The molecule has 0 saturated heterocycles. The van der Waals surface area contributed by atoms with E-state index in [-0.39, 0.29) is 5.78 Å². The van der Waals surface area contributed by atoms with Crippen molar-refractivity contribution in [3.8, 4) is 0 Å². The fourth-order valence-electron chi connectivity index (χ4n) is 2.18. The van der Waals surface area contributed by atoms with Gasteiger partial charge in [0, 0.05) is 24.9 Å². The minimum Gasteiger partial charge on any atom is -0.377 e. The molecule has 1 aliphatic rings. The molecule has 0 unspecified atom stereocenters. The largest absolute Gasteiger partial charge is 0.377 e. The van der Waals surface area contributed by atoms with Crippen LogP contribution in [-0.4, -0.2) is 23.8 Å². The topological polar surface area (TPSA) is 20.3 Å². The molecule has 1 aliphatic heterocycles. The van der Waals surface area contributed by atoms with Gasteiger partial charge in [0.15, 0.2) is 5.78 Å². The lowest BCUT2D eigenvalue weighted by Gasteiger charge is -2.26. The van der Waals surface area contributed by atoms with Gasteiger partial charge in [-0.1, -0.05) is 30.3 Å². The Morgan fingerprint density at radius 3 is 2.76 bits per heavy atom. The van der Waals surface area contributed by atoms with Crippen LogP contribution in [0.25, 0.3) is 0 Å². The van der Waals surface area contributed by atoms with Gasteiger partial charge in [-0.15, -0.1) is 0 Å². The average Bonchev–Trinajstić information content (AvgIpc) is 2.38. The van der Waals surface area contributed by atoms with Gasteiger partial charge in [-0.2, -0.15) is 0 Å². The third-order valence-electron chi connectivity index (χ3n) is 3.21. The number of carbonyl (C=O) groups is 1. The van der Waals surface area contributed by atoms with Crippen LogP contribution in [0.1, 0.15) is 25.3 Å². The molecule has 0 spiro atoms. The fourth-order valence-corrected chi connectivity index (χ4v) is 2.18. The van der Waals surface area contributed by atoms with E-state index in [1.165, 1.54) is 5.56 Å². The highest BCUT2D eigenvalue weighted by Gasteiger charge is 2.12. The summed E-state index contributed by atoms with van der Waals surface area (Å²) in [6, 6.07) is 10.5. The quantitative estimate of drug-likeness (QED) is 0.791. The van der Waals surface area contributed by atoms with Crippen LogP contribution >= 0.6 is 0 Å². The van der Waals surface area contributed by atoms with E-state index in [0.29, 0.717) is 0 Å². The van der Waals surface area contributed by atoms with Crippen molar-refractivity contribution in [2.24, 2.45) is 0 Å². The molecular weight excluding hydrogens is 210 g/mol. The van der Waals surface area contributed by atoms with Crippen LogP contribution in [0.5, 0.6) is 0 Å². The zero-order valence-electron chi connectivity index (χ0n) is 10.4. The number of rotatable bonds is 4. The predicted octanol–water partition coefficient (Wildman–Crippen LogP) is 2.80. The van der Waals surface area contributed by atoms with Crippen LogP contribution in [0.15, 0.2) is 42.1 Å². The summed E-state index contributed by atoms with van der Waals surface area (Å²) >= 11 is 0. The van der Waals surface area contributed by atoms with E-state index in [1.54, 1.807) is 6.92 Å². The molecule has 2 nitrogen and oxygen atoms in total. The Hall–Kier alpha value is -1.57. The Balaban J connectivity index is 1.91. The molecule has 0 saturated carbocycles. The molecular formula is C15H19NO. The zero-order chi connectivity index (χ0) is 12.1. The standard InChI is InChI=1S/C15H19NO/c1-13(17)15-8-5-10-16(12-15)11-9-14-6-3-2-4-7-14/h2-4,6-7,12H,5,8-11H2,1H3. The van der Waals surface area contributed by atoms with Crippen molar-refractivity contribution in [3.63, 3.8) is 0 Å². The van der Waals surface area contributed by atoms with E-state index in [1.807, 2.05) is 6.07 Å². The minimum atomic E-state index is 0.217. The van der Waals surface area contributed by atoms with Gasteiger partial charge in [0.1, 0.15) is 0 Å². The van der Waals surface area contributed by atoms with Crippen LogP contribution in [0.4, 0.5) is 0 Å². The van der Waals surface area contributed by atoms with Crippen molar-refractivity contribution in [2.75, 3.05) is 13.1 Å². The normalized spacial score (nSPS) is 15.6. The molecule has 0 N–H and O–H groups in total. The van der Waals surface area contributed by atoms with Crippen LogP contribution in [0.2, 0.25) is 0 Å². The minimum absolute atomic E-state index is 0.217. The SMILES string of the molecule is CC(=O)C1=CN(CCc2ccccc2)CCC1. The Morgan fingerprint density at radius 1 is 1.29 bits per heavy atom. The molecule has 90 valence electrons. The van der Waals surface area contributed by atoms with E-state index < -0.39 is 0 Å². The molecule has 17 heavy (non-hydrogen) atoms. The van der Waals surface area contributed by atoms with E-state index in [0.717, 1.165) is 37.9 Å². The first kappa shape index (κ1) is 11.9. The first-order chi connectivity index (χ1) is 8.25. The molecule has 1 aromatic rings. The Morgan fingerprint density at radius 2 is 2.06 bits per heavy atom. The monoisotopic (exact) mass is 229 g/mol. The average molecular weight is 229 g/mol. The maximum atomic E-state index is 11.3. The van der Waals surface area contributed by atoms with Gasteiger partial charge in [0.05, 0.1) is 0 Å². The first-order valence-corrected chi connectivity index (χ1v) is 6.25. The summed E-state index contributed by atoms with van der Waals surface area (Å²) in [6.45, 7) is 3.73. The van der Waals surface area contributed by atoms with Crippen molar-refractivity contribution in [1.82, 2.24) is 4.90 Å². The second kappa shape index (κ2) is 5.67. The maximum absolute atomic E-state index is 11.3. The van der Waals surface area contributed by atoms with Gasteiger partial charge in [-0.25, -0.2) is 0 Å². The Labute approximate surface area is 103 Å². The highest BCUT2D eigenvalue weighted by Crippen LogP contribution is 2.15. The molecule has 0 aliphatic carbocycles. The van der Waals surface area contributed by atoms with E-state index in [2.05, 4.69) is 35.4 Å². The van der Waals surface area contributed by atoms with Crippen molar-refractivity contribution in [1.29, 1.82) is 0 Å². The van der Waals surface area contributed by atoms with Gasteiger partial charge in [0.2, 0.25) is 0 Å². The number of carbonyl (C=O) groups excluding carboxylic acids is 1. The molecule has 0 aromatic heterocycles. The first-order valence-electron chi connectivity index (χ1n) is 6.25. The summed E-state index contributed by atoms with van der Waals surface area (Å²) in [4.78, 5) is 13.6. The van der Waals surface area contributed by atoms with Crippen LogP contribution in [0.3, 0.4) is 0 Å². The lowest BCUT2D eigenvalue weighted by Crippen LogP contribution is -2.26. The molecule has 0 bridgehead atoms. The van der Waals surface area contributed by atoms with Crippen molar-refractivity contribution < 1.29 is 4.79 Å². The fraction of sp³-hybridized carbons (Fsp3) is 0.400.